The van der Waals surface area contributed by atoms with Gasteiger partial charge in [0.05, 0.1) is 6.61 Å². The molecule has 0 bridgehead atoms. The summed E-state index contributed by atoms with van der Waals surface area (Å²) in [6, 6.07) is 2.52. The molecule has 0 saturated heterocycles. The van der Waals surface area contributed by atoms with Crippen molar-refractivity contribution in [3.63, 3.8) is 0 Å². The fourth-order valence-electron chi connectivity index (χ4n) is 0.979. The van der Waals surface area contributed by atoms with Gasteiger partial charge in [-0.25, -0.2) is 10.3 Å². The minimum atomic E-state index is -0.737. The quantitative estimate of drug-likeness (QED) is 0.738. The zero-order valence-corrected chi connectivity index (χ0v) is 7.51. The maximum Gasteiger partial charge on any atom is 0.166 e. The number of nitrogens with two attached hydrogens (primary N) is 1. The zero-order valence-electron chi connectivity index (χ0n) is 6.76. The highest BCUT2D eigenvalue weighted by Crippen LogP contribution is 2.25. The second-order valence-electron chi connectivity index (χ2n) is 2.52. The summed E-state index contributed by atoms with van der Waals surface area (Å²) < 4.78 is 12.9. The molecule has 3 nitrogen and oxygen atoms in total. The molecule has 1 aromatic rings. The van der Waals surface area contributed by atoms with Gasteiger partial charge in [0, 0.05) is 17.0 Å². The largest absolute Gasteiger partial charge is 0.505 e. The highest BCUT2D eigenvalue weighted by molar-refractivity contribution is 6.30. The first-order valence-electron chi connectivity index (χ1n) is 3.63. The molecular formula is C8H9ClFNO2. The van der Waals surface area contributed by atoms with Crippen LogP contribution in [0.1, 0.15) is 5.56 Å². The third-order valence-corrected chi connectivity index (χ3v) is 1.81. The summed E-state index contributed by atoms with van der Waals surface area (Å²) in [7, 11) is 0. The summed E-state index contributed by atoms with van der Waals surface area (Å²) in [5, 5.41) is 9.46. The number of rotatable bonds is 3. The van der Waals surface area contributed by atoms with E-state index in [4.69, 9.17) is 17.5 Å². The molecule has 0 aliphatic carbocycles. The molecule has 0 unspecified atom stereocenters. The minimum Gasteiger partial charge on any atom is -0.505 e. The molecule has 0 aliphatic rings. The van der Waals surface area contributed by atoms with Crippen molar-refractivity contribution >= 4 is 11.6 Å². The molecule has 0 heterocycles. The van der Waals surface area contributed by atoms with Crippen LogP contribution in [0.4, 0.5) is 4.39 Å². The third kappa shape index (κ3) is 2.55. The van der Waals surface area contributed by atoms with Crippen molar-refractivity contribution in [1.29, 1.82) is 0 Å². The molecule has 1 aromatic carbocycles. The Hall–Kier alpha value is -0.840. The average Bonchev–Trinajstić information content (AvgIpc) is 2.09. The van der Waals surface area contributed by atoms with Crippen LogP contribution in [0.5, 0.6) is 5.75 Å². The fourth-order valence-corrected chi connectivity index (χ4v) is 1.21. The van der Waals surface area contributed by atoms with E-state index in [9.17, 15) is 9.50 Å². The third-order valence-electron chi connectivity index (χ3n) is 1.60. The van der Waals surface area contributed by atoms with Crippen molar-refractivity contribution in [2.24, 2.45) is 5.90 Å². The molecule has 0 aromatic heterocycles. The van der Waals surface area contributed by atoms with Crippen LogP contribution in [0.25, 0.3) is 0 Å². The van der Waals surface area contributed by atoms with Crippen molar-refractivity contribution < 1.29 is 14.3 Å². The van der Waals surface area contributed by atoms with E-state index in [1.807, 2.05) is 0 Å². The van der Waals surface area contributed by atoms with Crippen LogP contribution in [0, 0.1) is 5.82 Å². The first-order chi connectivity index (χ1) is 6.15. The normalized spacial score (nSPS) is 10.4. The summed E-state index contributed by atoms with van der Waals surface area (Å²) >= 11 is 5.58. The first-order valence-corrected chi connectivity index (χ1v) is 4.01. The van der Waals surface area contributed by atoms with Crippen molar-refractivity contribution in [3.8, 4) is 5.75 Å². The zero-order chi connectivity index (χ0) is 9.84. The van der Waals surface area contributed by atoms with Crippen LogP contribution >= 0.6 is 11.6 Å². The number of halogens is 2. The van der Waals surface area contributed by atoms with E-state index < -0.39 is 11.6 Å². The predicted octanol–water partition coefficient (Wildman–Crippen LogP) is 1.62. The summed E-state index contributed by atoms with van der Waals surface area (Å²) in [4.78, 5) is 4.30. The van der Waals surface area contributed by atoms with E-state index in [1.165, 1.54) is 6.07 Å². The first kappa shape index (κ1) is 10.2. The molecule has 0 amide bonds. The van der Waals surface area contributed by atoms with Crippen molar-refractivity contribution in [2.45, 2.75) is 6.42 Å². The molecular weight excluding hydrogens is 197 g/mol. The SMILES string of the molecule is NOCCc1cc(Cl)cc(F)c1O. The lowest BCUT2D eigenvalue weighted by molar-refractivity contribution is 0.140. The fraction of sp³-hybridized carbons (Fsp3) is 0.250. The van der Waals surface area contributed by atoms with E-state index in [2.05, 4.69) is 4.84 Å². The summed E-state index contributed by atoms with van der Waals surface area (Å²) in [5.41, 5.74) is 0.385. The average molecular weight is 206 g/mol. The van der Waals surface area contributed by atoms with Gasteiger partial charge in [0.15, 0.2) is 11.6 Å². The van der Waals surface area contributed by atoms with Gasteiger partial charge in [-0.2, -0.15) is 0 Å². The van der Waals surface area contributed by atoms with Crippen molar-refractivity contribution in [3.05, 3.63) is 28.5 Å². The predicted molar refractivity (Wildman–Crippen MR) is 46.9 cm³/mol. The van der Waals surface area contributed by atoms with Gasteiger partial charge in [0.2, 0.25) is 0 Å². The van der Waals surface area contributed by atoms with Crippen LogP contribution in [-0.2, 0) is 11.3 Å². The van der Waals surface area contributed by atoms with Gasteiger partial charge in [0.1, 0.15) is 0 Å². The summed E-state index contributed by atoms with van der Waals surface area (Å²) in [6.07, 6.45) is 0.319. The Bertz CT molecular complexity index is 306. The number of aromatic hydroxyl groups is 1. The molecule has 0 aliphatic heterocycles. The van der Waals surface area contributed by atoms with Gasteiger partial charge in [-0.05, 0) is 12.1 Å². The van der Waals surface area contributed by atoms with Gasteiger partial charge in [-0.15, -0.1) is 0 Å². The summed E-state index contributed by atoms with van der Waals surface area (Å²) in [5.74, 6) is 3.66. The molecule has 72 valence electrons. The van der Waals surface area contributed by atoms with E-state index in [-0.39, 0.29) is 11.6 Å². The lowest BCUT2D eigenvalue weighted by Gasteiger charge is -2.04. The molecule has 0 atom stereocenters. The smallest absolute Gasteiger partial charge is 0.166 e. The Kier molecular flexibility index (Phi) is 3.48. The Balaban J connectivity index is 2.92. The van der Waals surface area contributed by atoms with Crippen molar-refractivity contribution in [1.82, 2.24) is 0 Å². The number of phenols is 1. The number of phenolic OH excluding ortho intramolecular Hbond substituents is 1. The van der Waals surface area contributed by atoms with Gasteiger partial charge in [-0.1, -0.05) is 11.6 Å². The maximum absolute atomic E-state index is 12.9. The molecule has 0 radical (unpaired) electrons. The van der Waals surface area contributed by atoms with Crippen LogP contribution in [-0.4, -0.2) is 11.7 Å². The van der Waals surface area contributed by atoms with Crippen LogP contribution in [0.2, 0.25) is 5.02 Å². The lowest BCUT2D eigenvalue weighted by atomic mass is 10.1. The second kappa shape index (κ2) is 4.41. The Labute approximate surface area is 79.8 Å². The number of hydrogen-bond acceptors (Lipinski definition) is 3. The standard InChI is InChI=1S/C8H9ClFNO2/c9-6-3-5(1-2-13-11)8(12)7(10)4-6/h3-4,12H,1-2,11H2. The lowest BCUT2D eigenvalue weighted by Crippen LogP contribution is -2.04. The minimum absolute atomic E-state index is 0.202. The van der Waals surface area contributed by atoms with Crippen molar-refractivity contribution in [2.75, 3.05) is 6.61 Å². The Morgan fingerprint density at radius 2 is 2.23 bits per heavy atom. The molecule has 13 heavy (non-hydrogen) atoms. The molecule has 0 fully saturated rings. The summed E-state index contributed by atoms with van der Waals surface area (Å²) in [6.45, 7) is 0.202. The second-order valence-corrected chi connectivity index (χ2v) is 2.95. The molecule has 3 N–H and O–H groups in total. The number of hydrogen-bond donors (Lipinski definition) is 2. The maximum atomic E-state index is 12.9. The van der Waals surface area contributed by atoms with E-state index >= 15 is 0 Å². The topological polar surface area (TPSA) is 55.5 Å². The van der Waals surface area contributed by atoms with E-state index in [0.717, 1.165) is 6.07 Å². The van der Waals surface area contributed by atoms with Gasteiger partial charge >= 0.3 is 0 Å². The molecule has 5 heteroatoms. The Morgan fingerprint density at radius 3 is 2.85 bits per heavy atom. The monoisotopic (exact) mass is 205 g/mol. The highest BCUT2D eigenvalue weighted by Gasteiger charge is 2.08. The van der Waals surface area contributed by atoms with Crippen LogP contribution in [0.15, 0.2) is 12.1 Å². The molecule has 0 spiro atoms. The van der Waals surface area contributed by atoms with Gasteiger partial charge in [0.25, 0.3) is 0 Å². The number of benzene rings is 1. The van der Waals surface area contributed by atoms with E-state index in [1.54, 1.807) is 0 Å². The van der Waals surface area contributed by atoms with Crippen LogP contribution in [0.3, 0.4) is 0 Å². The molecule has 1 rings (SSSR count). The molecule has 0 saturated carbocycles. The van der Waals surface area contributed by atoms with Gasteiger partial charge < -0.3 is 9.94 Å². The Morgan fingerprint density at radius 1 is 1.54 bits per heavy atom. The highest BCUT2D eigenvalue weighted by atomic mass is 35.5. The van der Waals surface area contributed by atoms with E-state index in [0.29, 0.717) is 12.0 Å². The van der Waals surface area contributed by atoms with Crippen LogP contribution < -0.4 is 5.90 Å². The van der Waals surface area contributed by atoms with Gasteiger partial charge in [-0.3, -0.25) is 0 Å².